The molecule has 0 radical (unpaired) electrons. The minimum absolute atomic E-state index is 0.106. The van der Waals surface area contributed by atoms with Crippen LogP contribution in [0.4, 0.5) is 4.39 Å². The van der Waals surface area contributed by atoms with Gasteiger partial charge in [-0.3, -0.25) is 0 Å². The van der Waals surface area contributed by atoms with Crippen molar-refractivity contribution in [3.8, 4) is 0 Å². The molecule has 1 aromatic rings. The molecule has 1 heterocycles. The first-order valence-corrected chi connectivity index (χ1v) is 9.95. The molecule has 1 saturated carbocycles. The van der Waals surface area contributed by atoms with Crippen LogP contribution in [0.2, 0.25) is 0 Å². The first kappa shape index (κ1) is 16.9. The maximum atomic E-state index is 13.0. The predicted molar refractivity (Wildman–Crippen MR) is 89.4 cm³/mol. The van der Waals surface area contributed by atoms with Crippen LogP contribution in [0.15, 0.2) is 24.3 Å². The van der Waals surface area contributed by atoms with Gasteiger partial charge >= 0.3 is 0 Å². The van der Waals surface area contributed by atoms with Crippen LogP contribution in [-0.4, -0.2) is 43.6 Å². The summed E-state index contributed by atoms with van der Waals surface area (Å²) >= 11 is 0. The van der Waals surface area contributed by atoms with E-state index in [4.69, 9.17) is 0 Å². The molecule has 128 valence electrons. The van der Waals surface area contributed by atoms with Crippen molar-refractivity contribution < 1.29 is 12.8 Å². The summed E-state index contributed by atoms with van der Waals surface area (Å²) in [6, 6.07) is 7.00. The SMILES string of the molecule is C[C@@H](CNC1CCN(S(=O)(=O)C2CC2)CC1)c1ccc(F)cc1. The highest BCUT2D eigenvalue weighted by molar-refractivity contribution is 7.90. The molecule has 2 fully saturated rings. The number of nitrogens with one attached hydrogen (secondary N) is 1. The number of piperidine rings is 1. The Morgan fingerprint density at radius 1 is 1.17 bits per heavy atom. The van der Waals surface area contributed by atoms with Crippen LogP contribution in [0.5, 0.6) is 0 Å². The lowest BCUT2D eigenvalue weighted by molar-refractivity contribution is 0.287. The van der Waals surface area contributed by atoms with Gasteiger partial charge in [-0.15, -0.1) is 0 Å². The summed E-state index contributed by atoms with van der Waals surface area (Å²) in [5, 5.41) is 3.43. The molecule has 1 aliphatic carbocycles. The van der Waals surface area contributed by atoms with Gasteiger partial charge < -0.3 is 5.32 Å². The van der Waals surface area contributed by atoms with E-state index in [0.717, 1.165) is 37.8 Å². The second kappa shape index (κ2) is 6.87. The van der Waals surface area contributed by atoms with Gasteiger partial charge in [0.1, 0.15) is 5.82 Å². The second-order valence-electron chi connectivity index (χ2n) is 6.78. The van der Waals surface area contributed by atoms with E-state index in [2.05, 4.69) is 12.2 Å². The molecule has 6 heteroatoms. The Hall–Kier alpha value is -0.980. The number of halogens is 1. The van der Waals surface area contributed by atoms with Gasteiger partial charge in [-0.05, 0) is 49.3 Å². The quantitative estimate of drug-likeness (QED) is 0.865. The summed E-state index contributed by atoms with van der Waals surface area (Å²) in [6.45, 7) is 4.20. The fraction of sp³-hybridized carbons (Fsp3) is 0.647. The first-order valence-electron chi connectivity index (χ1n) is 8.44. The van der Waals surface area contributed by atoms with Gasteiger partial charge in [0.15, 0.2) is 0 Å². The van der Waals surface area contributed by atoms with E-state index >= 15 is 0 Å². The largest absolute Gasteiger partial charge is 0.313 e. The average molecular weight is 340 g/mol. The summed E-state index contributed by atoms with van der Waals surface area (Å²) < 4.78 is 39.0. The Labute approximate surface area is 138 Å². The van der Waals surface area contributed by atoms with Gasteiger partial charge in [0.25, 0.3) is 0 Å². The van der Waals surface area contributed by atoms with Crippen molar-refractivity contribution in [3.05, 3.63) is 35.6 Å². The topological polar surface area (TPSA) is 49.4 Å². The third-order valence-electron chi connectivity index (χ3n) is 4.91. The average Bonchev–Trinajstić information content (AvgIpc) is 3.39. The molecule has 4 nitrogen and oxygen atoms in total. The molecule has 1 saturated heterocycles. The number of hydrogen-bond donors (Lipinski definition) is 1. The van der Waals surface area contributed by atoms with Gasteiger partial charge in [-0.25, -0.2) is 17.1 Å². The fourth-order valence-corrected chi connectivity index (χ4v) is 5.02. The summed E-state index contributed by atoms with van der Waals surface area (Å²) in [5.41, 5.74) is 1.12. The summed E-state index contributed by atoms with van der Waals surface area (Å²) in [5.74, 6) is 0.0991. The zero-order valence-corrected chi connectivity index (χ0v) is 14.4. The molecule has 0 unspecified atom stereocenters. The first-order chi connectivity index (χ1) is 11.0. The molecule has 1 aliphatic heterocycles. The number of benzene rings is 1. The summed E-state index contributed by atoms with van der Waals surface area (Å²) in [7, 11) is -3.02. The minimum Gasteiger partial charge on any atom is -0.313 e. The Balaban J connectivity index is 1.44. The molecule has 0 aromatic heterocycles. The van der Waals surface area contributed by atoms with Crippen molar-refractivity contribution in [3.63, 3.8) is 0 Å². The highest BCUT2D eigenvalue weighted by Crippen LogP contribution is 2.32. The molecule has 23 heavy (non-hydrogen) atoms. The predicted octanol–water partition coefficient (Wildman–Crippen LogP) is 2.48. The van der Waals surface area contributed by atoms with Crippen molar-refractivity contribution in [1.29, 1.82) is 0 Å². The standard InChI is InChI=1S/C17H25FN2O2S/c1-13(14-2-4-15(18)5-3-14)12-19-16-8-10-20(11-9-16)23(21,22)17-6-7-17/h2-5,13,16-17,19H,6-12H2,1H3/t13-/m0/s1. The molecule has 2 aliphatic rings. The van der Waals surface area contributed by atoms with E-state index < -0.39 is 10.0 Å². The normalized spacial score (nSPS) is 22.2. The molecule has 1 atom stereocenters. The highest BCUT2D eigenvalue weighted by Gasteiger charge is 2.41. The monoisotopic (exact) mass is 340 g/mol. The fourth-order valence-electron chi connectivity index (χ4n) is 3.14. The van der Waals surface area contributed by atoms with Gasteiger partial charge in [0, 0.05) is 25.7 Å². The number of rotatable bonds is 6. The maximum absolute atomic E-state index is 13.0. The minimum atomic E-state index is -3.02. The Morgan fingerprint density at radius 2 is 1.78 bits per heavy atom. The number of sulfonamides is 1. The smallest absolute Gasteiger partial charge is 0.216 e. The summed E-state index contributed by atoms with van der Waals surface area (Å²) in [6.07, 6.45) is 3.38. The third kappa shape index (κ3) is 4.11. The lowest BCUT2D eigenvalue weighted by atomic mass is 9.99. The zero-order chi connectivity index (χ0) is 16.4. The van der Waals surface area contributed by atoms with Gasteiger partial charge in [0.05, 0.1) is 5.25 Å². The second-order valence-corrected chi connectivity index (χ2v) is 8.99. The lowest BCUT2D eigenvalue weighted by Crippen LogP contribution is -2.46. The van der Waals surface area contributed by atoms with Crippen LogP contribution in [0.25, 0.3) is 0 Å². The van der Waals surface area contributed by atoms with Crippen molar-refractivity contribution in [1.82, 2.24) is 9.62 Å². The Morgan fingerprint density at radius 3 is 2.35 bits per heavy atom. The van der Waals surface area contributed by atoms with Crippen molar-refractivity contribution in [2.75, 3.05) is 19.6 Å². The maximum Gasteiger partial charge on any atom is 0.216 e. The van der Waals surface area contributed by atoms with Gasteiger partial charge in [-0.1, -0.05) is 19.1 Å². The molecule has 1 aromatic carbocycles. The summed E-state index contributed by atoms with van der Waals surface area (Å²) in [4.78, 5) is 0. The molecule has 0 spiro atoms. The van der Waals surface area contributed by atoms with Crippen LogP contribution < -0.4 is 5.32 Å². The lowest BCUT2D eigenvalue weighted by Gasteiger charge is -2.32. The Bertz CT molecular complexity index is 620. The van der Waals surface area contributed by atoms with E-state index in [0.29, 0.717) is 25.0 Å². The number of hydrogen-bond acceptors (Lipinski definition) is 3. The van der Waals surface area contributed by atoms with E-state index in [-0.39, 0.29) is 11.1 Å². The van der Waals surface area contributed by atoms with E-state index in [1.165, 1.54) is 12.1 Å². The van der Waals surface area contributed by atoms with Crippen molar-refractivity contribution in [2.24, 2.45) is 0 Å². The van der Waals surface area contributed by atoms with Crippen LogP contribution in [0, 0.1) is 5.82 Å². The van der Waals surface area contributed by atoms with Gasteiger partial charge in [-0.2, -0.15) is 0 Å². The van der Waals surface area contributed by atoms with Crippen LogP contribution in [0.3, 0.4) is 0 Å². The van der Waals surface area contributed by atoms with E-state index in [1.807, 2.05) is 12.1 Å². The molecular weight excluding hydrogens is 315 g/mol. The van der Waals surface area contributed by atoms with E-state index in [1.54, 1.807) is 4.31 Å². The molecular formula is C17H25FN2O2S. The number of nitrogens with zero attached hydrogens (tertiary/aromatic N) is 1. The van der Waals surface area contributed by atoms with E-state index in [9.17, 15) is 12.8 Å². The Kier molecular flexibility index (Phi) is 5.04. The van der Waals surface area contributed by atoms with Gasteiger partial charge in [0.2, 0.25) is 10.0 Å². The molecule has 0 amide bonds. The molecule has 3 rings (SSSR count). The molecule has 0 bridgehead atoms. The van der Waals surface area contributed by atoms with Crippen LogP contribution in [0.1, 0.15) is 44.1 Å². The third-order valence-corrected chi connectivity index (χ3v) is 7.31. The van der Waals surface area contributed by atoms with Crippen LogP contribution >= 0.6 is 0 Å². The van der Waals surface area contributed by atoms with Crippen molar-refractivity contribution >= 4 is 10.0 Å². The van der Waals surface area contributed by atoms with Crippen LogP contribution in [-0.2, 0) is 10.0 Å². The zero-order valence-electron chi connectivity index (χ0n) is 13.5. The molecule has 1 N–H and O–H groups in total. The van der Waals surface area contributed by atoms with Crippen molar-refractivity contribution in [2.45, 2.75) is 49.8 Å². The highest BCUT2D eigenvalue weighted by atomic mass is 32.2.